The van der Waals surface area contributed by atoms with E-state index in [1.807, 2.05) is 6.26 Å². The lowest BCUT2D eigenvalue weighted by Gasteiger charge is -2.17. The van der Waals surface area contributed by atoms with Gasteiger partial charge in [-0.2, -0.15) is 24.9 Å². The molecule has 5 nitrogen and oxygen atoms in total. The number of carbonyl (C=O) groups excluding carboxylic acids is 2. The summed E-state index contributed by atoms with van der Waals surface area (Å²) in [5.41, 5.74) is 4.13. The van der Waals surface area contributed by atoms with Crippen LogP contribution in [-0.2, 0) is 11.0 Å². The van der Waals surface area contributed by atoms with Gasteiger partial charge in [0.25, 0.3) is 0 Å². The van der Waals surface area contributed by atoms with Crippen LogP contribution in [0.25, 0.3) is 0 Å². The molecule has 0 saturated carbocycles. The number of alkyl halides is 3. The Kier molecular flexibility index (Phi) is 6.54. The van der Waals surface area contributed by atoms with Crippen molar-refractivity contribution < 1.29 is 22.8 Å². The number of thioether (sulfide) groups is 1. The number of rotatable bonds is 6. The van der Waals surface area contributed by atoms with Crippen LogP contribution in [-0.4, -0.2) is 30.0 Å². The second-order valence-electron chi connectivity index (χ2n) is 4.41. The maximum Gasteiger partial charge on any atom is 0.416 e. The summed E-state index contributed by atoms with van der Waals surface area (Å²) in [7, 11) is 0. The average molecular weight is 335 g/mol. The van der Waals surface area contributed by atoms with E-state index in [-0.39, 0.29) is 5.69 Å². The highest BCUT2D eigenvalue weighted by Crippen LogP contribution is 2.30. The summed E-state index contributed by atoms with van der Waals surface area (Å²) in [4.78, 5) is 22.9. The number of primary amides is 1. The number of nitrogens with one attached hydrogen (secondary N) is 2. The molecule has 122 valence electrons. The molecule has 0 bridgehead atoms. The van der Waals surface area contributed by atoms with Crippen LogP contribution in [0.4, 0.5) is 23.7 Å². The van der Waals surface area contributed by atoms with Crippen molar-refractivity contribution in [2.24, 2.45) is 5.73 Å². The van der Waals surface area contributed by atoms with Gasteiger partial charge < -0.3 is 16.4 Å². The lowest BCUT2D eigenvalue weighted by Crippen LogP contribution is -2.46. The Hall–Kier alpha value is -1.90. The second kappa shape index (κ2) is 7.92. The van der Waals surface area contributed by atoms with E-state index >= 15 is 0 Å². The zero-order chi connectivity index (χ0) is 16.8. The minimum absolute atomic E-state index is 0.000229. The van der Waals surface area contributed by atoms with Crippen LogP contribution >= 0.6 is 11.8 Å². The molecule has 1 aromatic carbocycles. The van der Waals surface area contributed by atoms with E-state index in [2.05, 4.69) is 10.6 Å². The van der Waals surface area contributed by atoms with Crippen LogP contribution in [0, 0.1) is 0 Å². The number of urea groups is 1. The molecule has 0 heterocycles. The number of hydrogen-bond donors (Lipinski definition) is 3. The first-order valence-electron chi connectivity index (χ1n) is 6.27. The highest BCUT2D eigenvalue weighted by atomic mass is 32.2. The fraction of sp³-hybridized carbons (Fsp3) is 0.385. The third kappa shape index (κ3) is 5.84. The van der Waals surface area contributed by atoms with Crippen LogP contribution in [0.3, 0.4) is 0 Å². The topological polar surface area (TPSA) is 84.2 Å². The highest BCUT2D eigenvalue weighted by molar-refractivity contribution is 7.98. The molecule has 0 spiro atoms. The normalized spacial score (nSPS) is 12.5. The molecule has 1 rings (SSSR count). The number of halogens is 3. The largest absolute Gasteiger partial charge is 0.416 e. The van der Waals surface area contributed by atoms with Gasteiger partial charge >= 0.3 is 12.2 Å². The monoisotopic (exact) mass is 335 g/mol. The smallest absolute Gasteiger partial charge is 0.352 e. The van der Waals surface area contributed by atoms with Gasteiger partial charge in [0.2, 0.25) is 5.91 Å². The van der Waals surface area contributed by atoms with Gasteiger partial charge in [0, 0.05) is 5.69 Å². The molecular formula is C13H16F3N3O2S. The molecule has 0 fully saturated rings. The number of nitrogens with two attached hydrogens (primary N) is 1. The summed E-state index contributed by atoms with van der Waals surface area (Å²) < 4.78 is 37.8. The average Bonchev–Trinajstić information content (AvgIpc) is 2.42. The van der Waals surface area contributed by atoms with E-state index < -0.39 is 29.7 Å². The Bertz CT molecular complexity index is 538. The molecule has 4 N–H and O–H groups in total. The van der Waals surface area contributed by atoms with Crippen LogP contribution in [0.15, 0.2) is 24.3 Å². The lowest BCUT2D eigenvalue weighted by atomic mass is 10.1. The first-order chi connectivity index (χ1) is 10.2. The van der Waals surface area contributed by atoms with Gasteiger partial charge in [0.05, 0.1) is 5.56 Å². The molecule has 0 aliphatic rings. The molecule has 0 aliphatic heterocycles. The zero-order valence-electron chi connectivity index (χ0n) is 11.7. The molecular weight excluding hydrogens is 319 g/mol. The van der Waals surface area contributed by atoms with Gasteiger partial charge in [-0.05, 0) is 36.6 Å². The standard InChI is InChI=1S/C13H16F3N3O2S/c1-22-6-5-10(19-12(17)21)11(20)18-9-4-2-3-8(7-9)13(14,15)16/h2-4,7,10H,5-6H2,1H3,(H,18,20)(H3,17,19,21)/t10-/m1/s1. The van der Waals surface area contributed by atoms with Gasteiger partial charge in [-0.15, -0.1) is 0 Å². The van der Waals surface area contributed by atoms with E-state index in [9.17, 15) is 22.8 Å². The summed E-state index contributed by atoms with van der Waals surface area (Å²) in [5, 5.41) is 4.62. The summed E-state index contributed by atoms with van der Waals surface area (Å²) in [6.45, 7) is 0. The minimum Gasteiger partial charge on any atom is -0.352 e. The summed E-state index contributed by atoms with van der Waals surface area (Å²) in [6, 6.07) is 2.49. The Balaban J connectivity index is 2.82. The van der Waals surface area contributed by atoms with E-state index in [4.69, 9.17) is 5.73 Å². The van der Waals surface area contributed by atoms with Crippen molar-refractivity contribution in [3.05, 3.63) is 29.8 Å². The molecule has 22 heavy (non-hydrogen) atoms. The van der Waals surface area contributed by atoms with Crippen molar-refractivity contribution in [2.45, 2.75) is 18.6 Å². The predicted octanol–water partition coefficient (Wildman–Crippen LogP) is 2.43. The van der Waals surface area contributed by atoms with E-state index in [1.54, 1.807) is 0 Å². The van der Waals surface area contributed by atoms with Crippen molar-refractivity contribution >= 4 is 29.4 Å². The third-order valence-corrected chi connectivity index (χ3v) is 3.35. The Morgan fingerprint density at radius 3 is 2.59 bits per heavy atom. The lowest BCUT2D eigenvalue weighted by molar-refractivity contribution is -0.137. The maximum atomic E-state index is 12.6. The number of benzene rings is 1. The maximum absolute atomic E-state index is 12.6. The molecule has 0 unspecified atom stereocenters. The van der Waals surface area contributed by atoms with Gasteiger partial charge in [0.15, 0.2) is 0 Å². The molecule has 0 radical (unpaired) electrons. The third-order valence-electron chi connectivity index (χ3n) is 2.70. The zero-order valence-corrected chi connectivity index (χ0v) is 12.6. The Morgan fingerprint density at radius 2 is 2.05 bits per heavy atom. The first kappa shape index (κ1) is 18.1. The molecule has 1 atom stereocenters. The second-order valence-corrected chi connectivity index (χ2v) is 5.40. The van der Waals surface area contributed by atoms with Gasteiger partial charge in [-0.25, -0.2) is 4.79 Å². The summed E-state index contributed by atoms with van der Waals surface area (Å²) >= 11 is 1.47. The quantitative estimate of drug-likeness (QED) is 0.746. The molecule has 0 saturated heterocycles. The Morgan fingerprint density at radius 1 is 1.36 bits per heavy atom. The SMILES string of the molecule is CSCC[C@@H](NC(N)=O)C(=O)Nc1cccc(C(F)(F)F)c1. The van der Waals surface area contributed by atoms with Crippen LogP contribution in [0.2, 0.25) is 0 Å². The summed E-state index contributed by atoms with van der Waals surface area (Å²) in [5.74, 6) is -0.0341. The van der Waals surface area contributed by atoms with E-state index in [0.717, 1.165) is 12.1 Å². The first-order valence-corrected chi connectivity index (χ1v) is 7.66. The van der Waals surface area contributed by atoms with Crippen LogP contribution in [0.1, 0.15) is 12.0 Å². The number of anilines is 1. The van der Waals surface area contributed by atoms with Gasteiger partial charge in [-0.1, -0.05) is 6.07 Å². The van der Waals surface area contributed by atoms with Crippen molar-refractivity contribution in [1.29, 1.82) is 0 Å². The van der Waals surface area contributed by atoms with Gasteiger partial charge in [0.1, 0.15) is 6.04 Å². The van der Waals surface area contributed by atoms with E-state index in [1.165, 1.54) is 23.9 Å². The van der Waals surface area contributed by atoms with Crippen molar-refractivity contribution in [1.82, 2.24) is 5.32 Å². The number of carbonyl (C=O) groups is 2. The van der Waals surface area contributed by atoms with E-state index in [0.29, 0.717) is 12.2 Å². The molecule has 9 heteroatoms. The fourth-order valence-corrected chi connectivity index (χ4v) is 2.15. The molecule has 1 aromatic rings. The Labute approximate surface area is 129 Å². The van der Waals surface area contributed by atoms with Crippen molar-refractivity contribution in [3.8, 4) is 0 Å². The highest BCUT2D eigenvalue weighted by Gasteiger charge is 2.30. The van der Waals surface area contributed by atoms with Crippen LogP contribution in [0.5, 0.6) is 0 Å². The van der Waals surface area contributed by atoms with Crippen molar-refractivity contribution in [2.75, 3.05) is 17.3 Å². The molecule has 0 aromatic heterocycles. The number of amides is 3. The number of hydrogen-bond acceptors (Lipinski definition) is 3. The van der Waals surface area contributed by atoms with Gasteiger partial charge in [-0.3, -0.25) is 4.79 Å². The van der Waals surface area contributed by atoms with Crippen LogP contribution < -0.4 is 16.4 Å². The summed E-state index contributed by atoms with van der Waals surface area (Å²) in [6.07, 6.45) is -2.36. The molecule has 0 aliphatic carbocycles. The van der Waals surface area contributed by atoms with Crippen molar-refractivity contribution in [3.63, 3.8) is 0 Å². The molecule has 3 amide bonds. The minimum atomic E-state index is -4.50. The predicted molar refractivity (Wildman–Crippen MR) is 79.6 cm³/mol. The fourth-order valence-electron chi connectivity index (χ4n) is 1.68.